The Hall–Kier alpha value is -4.89. The number of nitrogens with two attached hydrogens (primary N) is 1. The lowest BCUT2D eigenvalue weighted by molar-refractivity contribution is 0.235. The average molecular weight is 528 g/mol. The van der Waals surface area contributed by atoms with Crippen LogP contribution in [0.4, 0.5) is 5.82 Å². The number of hydrogen-bond donors (Lipinski definition) is 1. The molecule has 5 heterocycles. The number of rotatable bonds is 6. The Morgan fingerprint density at radius 2 is 1.93 bits per heavy atom. The highest BCUT2D eigenvalue weighted by Gasteiger charge is 2.27. The van der Waals surface area contributed by atoms with Crippen LogP contribution < -0.4 is 5.73 Å². The van der Waals surface area contributed by atoms with Crippen LogP contribution in [0.5, 0.6) is 0 Å². The maximum Gasteiger partial charge on any atom is 0.167 e. The first-order valence-electron chi connectivity index (χ1n) is 13.4. The number of aryl methyl sites for hydroxylation is 2. The van der Waals surface area contributed by atoms with E-state index in [1.807, 2.05) is 49.6 Å². The summed E-state index contributed by atoms with van der Waals surface area (Å²) in [6, 6.07) is 20.9. The lowest BCUT2D eigenvalue weighted by Crippen LogP contribution is -2.22. The summed E-state index contributed by atoms with van der Waals surface area (Å²) in [5.74, 6) is 1.86. The molecule has 1 aliphatic carbocycles. The van der Waals surface area contributed by atoms with Gasteiger partial charge in [0, 0.05) is 48.8 Å². The van der Waals surface area contributed by atoms with Crippen LogP contribution in [0.15, 0.2) is 85.5 Å². The third kappa shape index (κ3) is 4.20. The molecular weight excluding hydrogens is 498 g/mol. The van der Waals surface area contributed by atoms with E-state index in [1.54, 1.807) is 17.1 Å². The Morgan fingerprint density at radius 1 is 1.00 bits per heavy atom. The van der Waals surface area contributed by atoms with E-state index in [0.717, 1.165) is 53.3 Å². The first-order valence-corrected chi connectivity index (χ1v) is 13.4. The predicted octanol–water partition coefficient (Wildman–Crippen LogP) is 5.07. The van der Waals surface area contributed by atoms with Crippen LogP contribution in [0.1, 0.15) is 34.8 Å². The van der Waals surface area contributed by atoms with Gasteiger partial charge in [-0.3, -0.25) is 14.5 Å². The van der Waals surface area contributed by atoms with Gasteiger partial charge in [-0.25, -0.2) is 19.6 Å². The number of nitrogen functional groups attached to an aromatic ring is 1. The van der Waals surface area contributed by atoms with E-state index >= 15 is 0 Å². The van der Waals surface area contributed by atoms with Crippen LogP contribution in [-0.2, 0) is 13.0 Å². The van der Waals surface area contributed by atoms with E-state index < -0.39 is 0 Å². The number of benzene rings is 1. The molecule has 0 bridgehead atoms. The molecule has 7 rings (SSSR count). The van der Waals surface area contributed by atoms with Crippen molar-refractivity contribution in [3.63, 3.8) is 0 Å². The zero-order chi connectivity index (χ0) is 27.2. The minimum Gasteiger partial charge on any atom is -0.383 e. The highest BCUT2D eigenvalue weighted by atomic mass is 15.3. The highest BCUT2D eigenvalue weighted by molar-refractivity contribution is 5.83. The fourth-order valence-corrected chi connectivity index (χ4v) is 5.68. The molecule has 0 saturated heterocycles. The van der Waals surface area contributed by atoms with Crippen molar-refractivity contribution in [1.29, 1.82) is 0 Å². The molecule has 0 aliphatic heterocycles. The molecule has 0 fully saturated rings. The standard InChI is InChI=1S/C31H29N9/c1-20-6-7-21(18-34-20)19-38(2)27-12-8-22-17-23(9-10-24(22)27)40-30(25-5-3-14-33-29(25)32)36-26-11-13-28(37-31(26)40)39-16-4-15-35-39/h3-7,9-11,13-18,27H,8,12,19H2,1-2H3,(H2,32,33)/t27-/m0/s1. The first-order chi connectivity index (χ1) is 19.5. The number of anilines is 1. The van der Waals surface area contributed by atoms with Crippen LogP contribution in [-0.4, -0.2) is 46.2 Å². The molecule has 1 aromatic carbocycles. The van der Waals surface area contributed by atoms with E-state index in [2.05, 4.69) is 61.9 Å². The lowest BCUT2D eigenvalue weighted by atomic mass is 10.1. The van der Waals surface area contributed by atoms with Gasteiger partial charge in [0.15, 0.2) is 17.3 Å². The van der Waals surface area contributed by atoms with E-state index in [9.17, 15) is 0 Å². The normalized spacial score (nSPS) is 14.7. The van der Waals surface area contributed by atoms with Crippen LogP contribution in [0.3, 0.4) is 0 Å². The Balaban J connectivity index is 1.31. The van der Waals surface area contributed by atoms with Gasteiger partial charge in [-0.1, -0.05) is 12.1 Å². The summed E-state index contributed by atoms with van der Waals surface area (Å²) in [7, 11) is 2.20. The largest absolute Gasteiger partial charge is 0.383 e. The second-order valence-corrected chi connectivity index (χ2v) is 10.3. The SMILES string of the molecule is Cc1ccc(CN(C)[C@H]2CCc3cc(-n4c(-c5cccnc5N)nc5ccc(-n6cccn6)nc54)ccc32)cn1. The second kappa shape index (κ2) is 9.69. The average Bonchev–Trinajstić information content (AvgIpc) is 3.72. The van der Waals surface area contributed by atoms with Gasteiger partial charge in [0.2, 0.25) is 0 Å². The molecule has 9 heteroatoms. The number of nitrogens with zero attached hydrogens (tertiary/aromatic N) is 8. The molecule has 1 aliphatic rings. The van der Waals surface area contributed by atoms with Gasteiger partial charge in [-0.2, -0.15) is 5.10 Å². The summed E-state index contributed by atoms with van der Waals surface area (Å²) in [4.78, 5) is 21.2. The topological polar surface area (TPSA) is 104 Å². The van der Waals surface area contributed by atoms with Gasteiger partial charge in [-0.05, 0) is 92.0 Å². The summed E-state index contributed by atoms with van der Waals surface area (Å²) < 4.78 is 3.84. The van der Waals surface area contributed by atoms with Gasteiger partial charge in [0.25, 0.3) is 0 Å². The van der Waals surface area contributed by atoms with Gasteiger partial charge in [0.1, 0.15) is 11.3 Å². The van der Waals surface area contributed by atoms with Crippen molar-refractivity contribution in [2.45, 2.75) is 32.4 Å². The van der Waals surface area contributed by atoms with Crippen molar-refractivity contribution in [2.24, 2.45) is 0 Å². The van der Waals surface area contributed by atoms with Gasteiger partial charge in [0.05, 0.1) is 5.56 Å². The zero-order valence-corrected chi connectivity index (χ0v) is 22.4. The van der Waals surface area contributed by atoms with Crippen LogP contribution in [0.25, 0.3) is 34.1 Å². The molecule has 6 aromatic rings. The Morgan fingerprint density at radius 3 is 2.73 bits per heavy atom. The number of pyridine rings is 3. The molecule has 0 amide bonds. The van der Waals surface area contributed by atoms with Crippen LogP contribution >= 0.6 is 0 Å². The number of fused-ring (bicyclic) bond motifs is 2. The molecule has 0 unspecified atom stereocenters. The quantitative estimate of drug-likeness (QED) is 0.322. The van der Waals surface area contributed by atoms with Crippen molar-refractivity contribution in [3.8, 4) is 22.9 Å². The number of imidazole rings is 1. The molecule has 0 spiro atoms. The fourth-order valence-electron chi connectivity index (χ4n) is 5.68. The third-order valence-corrected chi connectivity index (χ3v) is 7.68. The molecule has 198 valence electrons. The third-order valence-electron chi connectivity index (χ3n) is 7.68. The maximum atomic E-state index is 6.33. The minimum absolute atomic E-state index is 0.350. The van der Waals surface area contributed by atoms with Crippen LogP contribution in [0.2, 0.25) is 0 Å². The van der Waals surface area contributed by atoms with Crippen molar-refractivity contribution in [3.05, 3.63) is 108 Å². The molecule has 0 saturated carbocycles. The second-order valence-electron chi connectivity index (χ2n) is 10.3. The highest BCUT2D eigenvalue weighted by Crippen LogP contribution is 2.38. The number of aromatic nitrogens is 7. The lowest BCUT2D eigenvalue weighted by Gasteiger charge is -2.25. The Kier molecular flexibility index (Phi) is 5.86. The van der Waals surface area contributed by atoms with Crippen molar-refractivity contribution in [1.82, 2.24) is 39.2 Å². The molecule has 1 atom stereocenters. The van der Waals surface area contributed by atoms with Crippen molar-refractivity contribution < 1.29 is 0 Å². The molecule has 40 heavy (non-hydrogen) atoms. The maximum absolute atomic E-state index is 6.33. The van der Waals surface area contributed by atoms with Crippen LogP contribution in [0, 0.1) is 6.92 Å². The van der Waals surface area contributed by atoms with E-state index in [-0.39, 0.29) is 0 Å². The number of hydrogen-bond acceptors (Lipinski definition) is 7. The zero-order valence-electron chi connectivity index (χ0n) is 22.4. The van der Waals surface area contributed by atoms with Gasteiger partial charge < -0.3 is 5.73 Å². The minimum atomic E-state index is 0.350. The summed E-state index contributed by atoms with van der Waals surface area (Å²) >= 11 is 0. The predicted molar refractivity (Wildman–Crippen MR) is 155 cm³/mol. The summed E-state index contributed by atoms with van der Waals surface area (Å²) in [6.07, 6.45) is 9.38. The Bertz CT molecular complexity index is 1820. The monoisotopic (exact) mass is 527 g/mol. The summed E-state index contributed by atoms with van der Waals surface area (Å²) in [5.41, 5.74) is 14.6. The smallest absolute Gasteiger partial charge is 0.167 e. The summed E-state index contributed by atoms with van der Waals surface area (Å²) in [6.45, 7) is 2.87. The van der Waals surface area contributed by atoms with Crippen molar-refractivity contribution >= 4 is 17.0 Å². The molecule has 0 radical (unpaired) electrons. The van der Waals surface area contributed by atoms with E-state index in [4.69, 9.17) is 15.7 Å². The molecule has 9 nitrogen and oxygen atoms in total. The van der Waals surface area contributed by atoms with Gasteiger partial charge >= 0.3 is 0 Å². The molecule has 5 aromatic heterocycles. The summed E-state index contributed by atoms with van der Waals surface area (Å²) in [5, 5.41) is 4.37. The first kappa shape index (κ1) is 24.2. The van der Waals surface area contributed by atoms with Gasteiger partial charge in [-0.15, -0.1) is 0 Å². The fraction of sp³-hybridized carbons (Fsp3) is 0.194. The van der Waals surface area contributed by atoms with E-state index in [0.29, 0.717) is 17.7 Å². The van der Waals surface area contributed by atoms with Crippen molar-refractivity contribution in [2.75, 3.05) is 12.8 Å². The van der Waals surface area contributed by atoms with E-state index in [1.165, 1.54) is 16.7 Å². The molecular formula is C31H29N9. The Labute approximate surface area is 232 Å². The molecule has 2 N–H and O–H groups in total.